The van der Waals surface area contributed by atoms with Crippen LogP contribution in [0.15, 0.2) is 24.3 Å². The lowest BCUT2D eigenvalue weighted by Crippen LogP contribution is -2.48. The zero-order chi connectivity index (χ0) is 16.1. The first-order valence-corrected chi connectivity index (χ1v) is 7.59. The van der Waals surface area contributed by atoms with E-state index in [-0.39, 0.29) is 17.7 Å². The summed E-state index contributed by atoms with van der Waals surface area (Å²) in [6.45, 7) is 1.78. The van der Waals surface area contributed by atoms with Crippen LogP contribution in [0.25, 0.3) is 0 Å². The van der Waals surface area contributed by atoms with Crippen molar-refractivity contribution in [3.63, 3.8) is 0 Å². The van der Waals surface area contributed by atoms with Crippen molar-refractivity contribution in [1.82, 2.24) is 5.32 Å². The molecule has 3 N–H and O–H groups in total. The molecule has 122 valence electrons. The zero-order valence-electron chi connectivity index (χ0n) is 12.5. The minimum Gasteiger partial charge on any atom is -0.478 e. The summed E-state index contributed by atoms with van der Waals surface area (Å²) < 4.78 is 19.0. The van der Waals surface area contributed by atoms with Crippen molar-refractivity contribution in [1.29, 1.82) is 0 Å². The molecule has 1 amide bonds. The Morgan fingerprint density at radius 2 is 2.09 bits per heavy atom. The van der Waals surface area contributed by atoms with E-state index in [9.17, 15) is 19.4 Å². The van der Waals surface area contributed by atoms with Crippen molar-refractivity contribution in [2.24, 2.45) is 0 Å². The summed E-state index contributed by atoms with van der Waals surface area (Å²) in [6, 6.07) is 5.74. The lowest BCUT2D eigenvalue weighted by Gasteiger charge is -2.31. The number of aliphatic hydroxyl groups is 2. The molecule has 6 heteroatoms. The smallest absolute Gasteiger partial charge is 0.261 e. The van der Waals surface area contributed by atoms with Gasteiger partial charge in [-0.15, -0.1) is 0 Å². The number of carbonyl (C=O) groups excluding carboxylic acids is 1. The van der Waals surface area contributed by atoms with Crippen molar-refractivity contribution >= 4 is 5.91 Å². The summed E-state index contributed by atoms with van der Waals surface area (Å²) in [5.41, 5.74) is 0. The topological polar surface area (TPSA) is 78.8 Å². The molecule has 4 atom stereocenters. The Balaban J connectivity index is 1.93. The fourth-order valence-electron chi connectivity index (χ4n) is 2.57. The van der Waals surface area contributed by atoms with Gasteiger partial charge in [0.05, 0.1) is 12.2 Å². The van der Waals surface area contributed by atoms with E-state index in [1.807, 2.05) is 0 Å². The second kappa shape index (κ2) is 7.56. The lowest BCUT2D eigenvalue weighted by molar-refractivity contribution is -0.129. The van der Waals surface area contributed by atoms with Crippen LogP contribution in [-0.2, 0) is 4.79 Å². The molecular formula is C16H22FNO4. The van der Waals surface area contributed by atoms with Gasteiger partial charge >= 0.3 is 0 Å². The number of rotatable bonds is 5. The molecule has 22 heavy (non-hydrogen) atoms. The van der Waals surface area contributed by atoms with Crippen molar-refractivity contribution in [2.45, 2.75) is 57.0 Å². The Morgan fingerprint density at radius 3 is 2.73 bits per heavy atom. The molecule has 0 radical (unpaired) electrons. The Bertz CT molecular complexity index is 511. The summed E-state index contributed by atoms with van der Waals surface area (Å²) in [7, 11) is 0. The Morgan fingerprint density at radius 1 is 1.36 bits per heavy atom. The maximum atomic E-state index is 13.6. The number of ether oxygens (including phenoxy) is 1. The van der Waals surface area contributed by atoms with Crippen LogP contribution in [0.3, 0.4) is 0 Å². The number of hydrogen-bond donors (Lipinski definition) is 3. The molecule has 1 saturated carbocycles. The zero-order valence-corrected chi connectivity index (χ0v) is 12.5. The highest BCUT2D eigenvalue weighted by Gasteiger charge is 2.30. The number of halogens is 1. The van der Waals surface area contributed by atoms with E-state index in [4.69, 9.17) is 4.74 Å². The molecule has 0 aliphatic heterocycles. The van der Waals surface area contributed by atoms with Gasteiger partial charge in [0.1, 0.15) is 0 Å². The number of para-hydroxylation sites is 1. The second-order valence-corrected chi connectivity index (χ2v) is 5.60. The molecule has 1 aromatic carbocycles. The molecule has 0 heterocycles. The minimum atomic E-state index is -0.827. The molecule has 0 bridgehead atoms. The third-order valence-electron chi connectivity index (χ3n) is 3.90. The van der Waals surface area contributed by atoms with E-state index in [1.54, 1.807) is 19.1 Å². The van der Waals surface area contributed by atoms with Crippen LogP contribution in [0.2, 0.25) is 0 Å². The molecule has 0 saturated heterocycles. The van der Waals surface area contributed by atoms with E-state index in [1.165, 1.54) is 12.1 Å². The molecular weight excluding hydrogens is 289 g/mol. The van der Waals surface area contributed by atoms with E-state index < -0.39 is 24.1 Å². The van der Waals surface area contributed by atoms with E-state index in [0.717, 1.165) is 0 Å². The molecule has 2 unspecified atom stereocenters. The van der Waals surface area contributed by atoms with Crippen molar-refractivity contribution < 1.29 is 24.1 Å². The number of benzene rings is 1. The molecule has 1 aliphatic rings. The van der Waals surface area contributed by atoms with Gasteiger partial charge in [0, 0.05) is 6.04 Å². The molecule has 0 spiro atoms. The molecule has 2 rings (SSSR count). The first-order chi connectivity index (χ1) is 10.5. The van der Waals surface area contributed by atoms with Gasteiger partial charge in [0.2, 0.25) is 0 Å². The number of aliphatic hydroxyl groups excluding tert-OH is 2. The minimum absolute atomic E-state index is 0.0450. The lowest BCUT2D eigenvalue weighted by atomic mass is 9.90. The van der Waals surface area contributed by atoms with E-state index in [0.29, 0.717) is 25.7 Å². The third-order valence-corrected chi connectivity index (χ3v) is 3.90. The highest BCUT2D eigenvalue weighted by atomic mass is 19.1. The van der Waals surface area contributed by atoms with Crippen LogP contribution in [-0.4, -0.2) is 40.5 Å². The largest absolute Gasteiger partial charge is 0.478 e. The summed E-state index contributed by atoms with van der Waals surface area (Å²) in [5, 5.41) is 21.9. The van der Waals surface area contributed by atoms with Crippen LogP contribution in [0.1, 0.15) is 32.6 Å². The van der Waals surface area contributed by atoms with Gasteiger partial charge in [-0.25, -0.2) is 4.39 Å². The molecule has 1 aliphatic carbocycles. The van der Waals surface area contributed by atoms with Crippen LogP contribution in [0, 0.1) is 5.82 Å². The first kappa shape index (κ1) is 16.7. The van der Waals surface area contributed by atoms with E-state index >= 15 is 0 Å². The highest BCUT2D eigenvalue weighted by Crippen LogP contribution is 2.21. The predicted molar refractivity (Wildman–Crippen MR) is 78.9 cm³/mol. The maximum Gasteiger partial charge on any atom is 0.261 e. The van der Waals surface area contributed by atoms with Gasteiger partial charge in [-0.3, -0.25) is 4.79 Å². The average Bonchev–Trinajstić information content (AvgIpc) is 2.50. The molecule has 1 aromatic rings. The number of carbonyl (C=O) groups is 1. The van der Waals surface area contributed by atoms with Crippen molar-refractivity contribution in [3.8, 4) is 5.75 Å². The van der Waals surface area contributed by atoms with Gasteiger partial charge < -0.3 is 20.3 Å². The summed E-state index contributed by atoms with van der Waals surface area (Å²) >= 11 is 0. The summed E-state index contributed by atoms with van der Waals surface area (Å²) in [5.74, 6) is -0.798. The first-order valence-electron chi connectivity index (χ1n) is 7.59. The maximum absolute atomic E-state index is 13.6. The second-order valence-electron chi connectivity index (χ2n) is 5.60. The average molecular weight is 311 g/mol. The van der Waals surface area contributed by atoms with E-state index in [2.05, 4.69) is 5.32 Å². The highest BCUT2D eigenvalue weighted by molar-refractivity contribution is 5.81. The molecule has 0 aromatic heterocycles. The third kappa shape index (κ3) is 4.18. The summed E-state index contributed by atoms with van der Waals surface area (Å²) in [4.78, 5) is 12.2. The van der Waals surface area contributed by atoms with Crippen molar-refractivity contribution in [3.05, 3.63) is 30.1 Å². The van der Waals surface area contributed by atoms with Crippen LogP contribution in [0.4, 0.5) is 4.39 Å². The standard InChI is InChI=1S/C16H22FNO4/c1-2-14(22-15-6-4-3-5-11(15)17)16(21)18-10-7-8-12(19)13(20)9-10/h3-6,10,12-14,19-20H,2,7-9H2,1H3,(H,18,21)/t10?,12-,13+,14?/m1/s1. The van der Waals surface area contributed by atoms with Gasteiger partial charge in [-0.05, 0) is 37.8 Å². The number of amides is 1. The monoisotopic (exact) mass is 311 g/mol. The SMILES string of the molecule is CCC(Oc1ccccc1F)C(=O)NC1CC[C@@H](O)[C@@H](O)C1. The normalized spacial score (nSPS) is 26.3. The predicted octanol–water partition coefficient (Wildman–Crippen LogP) is 1.37. The number of hydrogen-bond acceptors (Lipinski definition) is 4. The Labute approximate surface area is 129 Å². The van der Waals surface area contributed by atoms with Crippen molar-refractivity contribution in [2.75, 3.05) is 0 Å². The van der Waals surface area contributed by atoms with Crippen LogP contribution < -0.4 is 10.1 Å². The molecule has 5 nitrogen and oxygen atoms in total. The van der Waals surface area contributed by atoms with Crippen LogP contribution in [0.5, 0.6) is 5.75 Å². The Hall–Kier alpha value is -1.66. The molecule has 1 fully saturated rings. The van der Waals surface area contributed by atoms with Gasteiger partial charge in [-0.1, -0.05) is 19.1 Å². The van der Waals surface area contributed by atoms with Gasteiger partial charge in [0.15, 0.2) is 17.7 Å². The van der Waals surface area contributed by atoms with Gasteiger partial charge in [0.25, 0.3) is 5.91 Å². The Kier molecular flexibility index (Phi) is 5.74. The fraction of sp³-hybridized carbons (Fsp3) is 0.562. The number of nitrogens with one attached hydrogen (secondary N) is 1. The van der Waals surface area contributed by atoms with Gasteiger partial charge in [-0.2, -0.15) is 0 Å². The quantitative estimate of drug-likeness (QED) is 0.767. The summed E-state index contributed by atoms with van der Waals surface area (Å²) in [6.07, 6.45) is -0.601. The fourth-order valence-corrected chi connectivity index (χ4v) is 2.57. The van der Waals surface area contributed by atoms with Crippen LogP contribution >= 0.6 is 0 Å².